The molecule has 2 aromatic rings. The van der Waals surface area contributed by atoms with Gasteiger partial charge in [-0.25, -0.2) is 13.4 Å². The molecule has 2 amide bonds. The predicted molar refractivity (Wildman–Crippen MR) is 120 cm³/mol. The largest absolute Gasteiger partial charge is 0.491 e. The van der Waals surface area contributed by atoms with E-state index in [2.05, 4.69) is 10.3 Å². The zero-order chi connectivity index (χ0) is 23.5. The molecule has 10 heteroatoms. The van der Waals surface area contributed by atoms with E-state index >= 15 is 0 Å². The average Bonchev–Trinajstić information content (AvgIpc) is 3.09. The van der Waals surface area contributed by atoms with Crippen LogP contribution < -0.4 is 14.8 Å². The number of fused-ring (bicyclic) bond motifs is 1. The number of sulfone groups is 1. The van der Waals surface area contributed by atoms with Gasteiger partial charge >= 0.3 is 0 Å². The number of nitrogens with one attached hydrogen (secondary N) is 1. The molecular formula is C22H27N3O6S. The van der Waals surface area contributed by atoms with Gasteiger partial charge in [-0.2, -0.15) is 0 Å². The molecule has 9 nitrogen and oxygen atoms in total. The van der Waals surface area contributed by atoms with Crippen LogP contribution in [0.25, 0.3) is 0 Å². The quantitative estimate of drug-likeness (QED) is 0.610. The molecule has 1 aromatic carbocycles. The predicted octanol–water partition coefficient (Wildman–Crippen LogP) is 2.58. The second-order valence-corrected chi connectivity index (χ2v) is 9.64. The van der Waals surface area contributed by atoms with E-state index in [0.29, 0.717) is 34.9 Å². The number of rotatable bonds is 9. The molecule has 172 valence electrons. The highest BCUT2D eigenvalue weighted by atomic mass is 32.2. The van der Waals surface area contributed by atoms with Gasteiger partial charge < -0.3 is 19.7 Å². The number of anilines is 1. The normalized spacial score (nSPS) is 14.1. The second kappa shape index (κ2) is 9.56. The Morgan fingerprint density at radius 1 is 1.25 bits per heavy atom. The van der Waals surface area contributed by atoms with Crippen LogP contribution in [0.5, 0.6) is 11.6 Å². The lowest BCUT2D eigenvalue weighted by Gasteiger charge is -2.27. The third kappa shape index (κ3) is 5.01. The Kier molecular flexibility index (Phi) is 7.02. The zero-order valence-corrected chi connectivity index (χ0v) is 19.4. The molecule has 0 aliphatic carbocycles. The summed E-state index contributed by atoms with van der Waals surface area (Å²) in [4.78, 5) is 31.3. The number of hydrogen-bond donors (Lipinski definition) is 1. The van der Waals surface area contributed by atoms with E-state index in [0.717, 1.165) is 6.26 Å². The van der Waals surface area contributed by atoms with Crippen LogP contribution in [-0.4, -0.2) is 55.8 Å². The molecule has 2 heterocycles. The van der Waals surface area contributed by atoms with E-state index in [1.807, 2.05) is 0 Å². The number of aromatic nitrogens is 1. The highest BCUT2D eigenvalue weighted by Gasteiger charge is 2.38. The van der Waals surface area contributed by atoms with E-state index in [1.165, 1.54) is 12.0 Å². The molecule has 1 atom stereocenters. The minimum atomic E-state index is -3.47. The summed E-state index contributed by atoms with van der Waals surface area (Å²) in [6, 6.07) is 7.64. The van der Waals surface area contributed by atoms with Crippen LogP contribution in [0.15, 0.2) is 30.3 Å². The van der Waals surface area contributed by atoms with Crippen molar-refractivity contribution in [2.45, 2.75) is 32.9 Å². The fraction of sp³-hybridized carbons (Fsp3) is 0.409. The molecule has 3 rings (SSSR count). The zero-order valence-electron chi connectivity index (χ0n) is 18.5. The molecule has 0 radical (unpaired) electrons. The molecular weight excluding hydrogens is 434 g/mol. The van der Waals surface area contributed by atoms with Gasteiger partial charge in [0.25, 0.3) is 11.8 Å². The lowest BCUT2D eigenvalue weighted by Crippen LogP contribution is -2.34. The molecule has 0 saturated heterocycles. The number of nitrogens with zero attached hydrogens (tertiary/aromatic N) is 2. The van der Waals surface area contributed by atoms with Gasteiger partial charge in [0, 0.05) is 19.2 Å². The van der Waals surface area contributed by atoms with Crippen molar-refractivity contribution in [3.05, 3.63) is 47.2 Å². The summed E-state index contributed by atoms with van der Waals surface area (Å²) in [5.41, 5.74) is 1.87. The maximum atomic E-state index is 13.4. The van der Waals surface area contributed by atoms with Crippen LogP contribution in [-0.2, 0) is 21.2 Å². The fourth-order valence-electron chi connectivity index (χ4n) is 3.62. The Labute approximate surface area is 187 Å². The van der Waals surface area contributed by atoms with Crippen molar-refractivity contribution >= 4 is 27.3 Å². The summed E-state index contributed by atoms with van der Waals surface area (Å²) < 4.78 is 35.3. The Hall–Kier alpha value is -3.14. The van der Waals surface area contributed by atoms with Gasteiger partial charge in [0.05, 0.1) is 42.5 Å². The van der Waals surface area contributed by atoms with Crippen molar-refractivity contribution < 1.29 is 27.5 Å². The van der Waals surface area contributed by atoms with Crippen LogP contribution >= 0.6 is 0 Å². The molecule has 1 unspecified atom stereocenters. The maximum Gasteiger partial charge on any atom is 0.257 e. The maximum absolute atomic E-state index is 13.4. The van der Waals surface area contributed by atoms with Gasteiger partial charge in [-0.05, 0) is 30.7 Å². The van der Waals surface area contributed by atoms with Gasteiger partial charge in [0.1, 0.15) is 9.84 Å². The Balaban J connectivity index is 2.04. The van der Waals surface area contributed by atoms with Gasteiger partial charge in [0.2, 0.25) is 5.91 Å². The van der Waals surface area contributed by atoms with Crippen LogP contribution in [0.3, 0.4) is 0 Å². The molecule has 1 N–H and O–H groups in total. The third-order valence-electron chi connectivity index (χ3n) is 5.09. The topological polar surface area (TPSA) is 115 Å². The van der Waals surface area contributed by atoms with Crippen LogP contribution in [0.4, 0.5) is 5.69 Å². The molecule has 0 bridgehead atoms. The number of benzene rings is 1. The average molecular weight is 462 g/mol. The first-order valence-electron chi connectivity index (χ1n) is 10.3. The van der Waals surface area contributed by atoms with E-state index in [1.54, 1.807) is 44.2 Å². The number of pyridine rings is 1. The summed E-state index contributed by atoms with van der Waals surface area (Å²) in [5, 5.41) is 2.75. The number of carbonyl (C=O) groups is 2. The van der Waals surface area contributed by atoms with Gasteiger partial charge in [0.15, 0.2) is 5.75 Å². The third-order valence-corrected chi connectivity index (χ3v) is 6.01. The van der Waals surface area contributed by atoms with E-state index in [-0.39, 0.29) is 36.4 Å². The Bertz CT molecular complexity index is 1130. The number of carbonyl (C=O) groups excluding carboxylic acids is 2. The van der Waals surface area contributed by atoms with Crippen molar-refractivity contribution in [2.75, 3.05) is 31.0 Å². The molecule has 0 fully saturated rings. The van der Waals surface area contributed by atoms with Crippen molar-refractivity contribution in [3.8, 4) is 11.6 Å². The Morgan fingerprint density at radius 2 is 2.00 bits per heavy atom. The standard InChI is InChI=1S/C22H27N3O6S/c1-5-19(26)23-16-9-7-8-14-12-25(22(27)20(14)16)17(13-32(4,28)29)15-10-11-18(30-3)21(24-15)31-6-2/h7-11,17H,5-6,12-13H2,1-4H3,(H,23,26). The van der Waals surface area contributed by atoms with Crippen LogP contribution in [0.1, 0.15) is 47.9 Å². The first-order valence-corrected chi connectivity index (χ1v) is 12.3. The molecule has 32 heavy (non-hydrogen) atoms. The Morgan fingerprint density at radius 3 is 2.62 bits per heavy atom. The van der Waals surface area contributed by atoms with Crippen molar-refractivity contribution in [3.63, 3.8) is 0 Å². The first-order chi connectivity index (χ1) is 15.2. The van der Waals surface area contributed by atoms with Crippen LogP contribution in [0, 0.1) is 0 Å². The summed E-state index contributed by atoms with van der Waals surface area (Å²) in [6.45, 7) is 4.06. The smallest absolute Gasteiger partial charge is 0.257 e. The van der Waals surface area contributed by atoms with Crippen molar-refractivity contribution in [2.24, 2.45) is 0 Å². The monoisotopic (exact) mass is 461 g/mol. The first kappa shape index (κ1) is 23.5. The number of ether oxygens (including phenoxy) is 2. The van der Waals surface area contributed by atoms with Crippen LogP contribution in [0.2, 0.25) is 0 Å². The van der Waals surface area contributed by atoms with Gasteiger partial charge in [-0.3, -0.25) is 9.59 Å². The minimum Gasteiger partial charge on any atom is -0.491 e. The van der Waals surface area contributed by atoms with Gasteiger partial charge in [-0.15, -0.1) is 0 Å². The van der Waals surface area contributed by atoms with E-state index in [9.17, 15) is 18.0 Å². The highest BCUT2D eigenvalue weighted by molar-refractivity contribution is 7.90. The van der Waals surface area contributed by atoms with Gasteiger partial charge in [-0.1, -0.05) is 19.1 Å². The summed E-state index contributed by atoms with van der Waals surface area (Å²) in [6.07, 6.45) is 1.39. The summed E-state index contributed by atoms with van der Waals surface area (Å²) >= 11 is 0. The molecule has 0 saturated carbocycles. The summed E-state index contributed by atoms with van der Waals surface area (Å²) in [5.74, 6) is -0.249. The molecule has 0 spiro atoms. The lowest BCUT2D eigenvalue weighted by molar-refractivity contribution is -0.115. The fourth-order valence-corrected chi connectivity index (χ4v) is 4.55. The molecule has 1 aliphatic rings. The number of methoxy groups -OCH3 is 1. The van der Waals surface area contributed by atoms with Crippen molar-refractivity contribution in [1.82, 2.24) is 9.88 Å². The van der Waals surface area contributed by atoms with E-state index in [4.69, 9.17) is 9.47 Å². The van der Waals surface area contributed by atoms with Crippen molar-refractivity contribution in [1.29, 1.82) is 0 Å². The molecule has 1 aromatic heterocycles. The SMILES string of the molecule is CCOc1nc(C(CS(C)(=O)=O)N2Cc3cccc(NC(=O)CC)c3C2=O)ccc1OC. The number of amides is 2. The summed E-state index contributed by atoms with van der Waals surface area (Å²) in [7, 11) is -1.98. The minimum absolute atomic E-state index is 0.196. The number of hydrogen-bond acceptors (Lipinski definition) is 7. The van der Waals surface area contributed by atoms with E-state index < -0.39 is 15.9 Å². The highest BCUT2D eigenvalue weighted by Crippen LogP contribution is 2.37. The lowest BCUT2D eigenvalue weighted by atomic mass is 10.1. The second-order valence-electron chi connectivity index (χ2n) is 7.46. The molecule has 1 aliphatic heterocycles.